The smallest absolute Gasteiger partial charge is 0.333 e. The third kappa shape index (κ3) is 8.78. The van der Waals surface area contributed by atoms with Crippen LogP contribution in [0, 0.1) is 0 Å². The van der Waals surface area contributed by atoms with Gasteiger partial charge < -0.3 is 37.0 Å². The summed E-state index contributed by atoms with van der Waals surface area (Å²) in [5.74, 6) is 1.18. The molecule has 0 unspecified atom stereocenters. The van der Waals surface area contributed by atoms with Gasteiger partial charge in [-0.15, -0.1) is 0 Å². The van der Waals surface area contributed by atoms with Crippen LogP contribution in [0.5, 0.6) is 0 Å². The van der Waals surface area contributed by atoms with Gasteiger partial charge in [-0.05, 0) is 23.3 Å². The average molecular weight is 498 g/mol. The number of ether oxygens (including phenoxy) is 1. The van der Waals surface area contributed by atoms with Crippen LogP contribution in [0.1, 0.15) is 23.6 Å². The third-order valence-electron chi connectivity index (χ3n) is 4.69. The minimum Gasteiger partial charge on any atom is -0.481 e. The number of carboxylic acids is 1. The van der Waals surface area contributed by atoms with Gasteiger partial charge in [-0.25, -0.2) is 9.59 Å². The molecule has 0 aliphatic rings. The lowest BCUT2D eigenvalue weighted by molar-refractivity contribution is -0.146. The number of nitrogens with one attached hydrogen (secondary N) is 4. The Balaban J connectivity index is 1.97. The monoisotopic (exact) mass is 498 g/mol. The molecule has 13 heteroatoms. The van der Waals surface area contributed by atoms with E-state index >= 15 is 0 Å². The first kappa shape index (κ1) is 27.3. The van der Waals surface area contributed by atoms with E-state index in [4.69, 9.17) is 15.7 Å². The number of nitrogens with two attached hydrogens (primary N) is 1. The first-order valence-corrected chi connectivity index (χ1v) is 10.6. The maximum absolute atomic E-state index is 12.8. The van der Waals surface area contributed by atoms with E-state index < -0.39 is 54.8 Å². The van der Waals surface area contributed by atoms with E-state index in [1.54, 1.807) is 54.6 Å². The molecule has 0 fully saturated rings. The van der Waals surface area contributed by atoms with E-state index in [0.29, 0.717) is 16.8 Å². The van der Waals surface area contributed by atoms with Gasteiger partial charge in [-0.1, -0.05) is 42.5 Å². The Morgan fingerprint density at radius 2 is 1.69 bits per heavy atom. The first-order chi connectivity index (χ1) is 17.2. The Kier molecular flexibility index (Phi) is 10.4. The molecule has 2 aromatic carbocycles. The molecule has 4 amide bonds. The van der Waals surface area contributed by atoms with Crippen molar-refractivity contribution in [2.24, 2.45) is 10.9 Å². The molecule has 190 valence electrons. The summed E-state index contributed by atoms with van der Waals surface area (Å²) in [6, 6.07) is 11.2. The van der Waals surface area contributed by atoms with Crippen LogP contribution in [0.15, 0.2) is 59.7 Å². The molecule has 2 atom stereocenters. The Labute approximate surface area is 206 Å². The fraction of sp³-hybridized carbons (Fsp3) is 0.217. The zero-order valence-electron chi connectivity index (χ0n) is 19.3. The molecule has 0 radical (unpaired) electrons. The second-order valence-electron chi connectivity index (χ2n) is 7.30. The highest BCUT2D eigenvalue weighted by molar-refractivity contribution is 5.96. The van der Waals surface area contributed by atoms with Crippen molar-refractivity contribution in [2.75, 3.05) is 19.0 Å². The fourth-order valence-electron chi connectivity index (χ4n) is 2.99. The van der Waals surface area contributed by atoms with E-state index in [1.165, 1.54) is 6.21 Å². The third-order valence-corrected chi connectivity index (χ3v) is 4.69. The van der Waals surface area contributed by atoms with Crippen LogP contribution < -0.4 is 27.1 Å². The number of nitrogens with zero attached hydrogens (tertiary/aromatic N) is 1. The second-order valence-corrected chi connectivity index (χ2v) is 7.30. The van der Waals surface area contributed by atoms with Gasteiger partial charge in [0.1, 0.15) is 6.04 Å². The van der Waals surface area contributed by atoms with Gasteiger partial charge in [0.05, 0.1) is 26.3 Å². The Morgan fingerprint density at radius 3 is 2.28 bits per heavy atom. The molecular weight excluding hydrogens is 472 g/mol. The number of amides is 4. The largest absolute Gasteiger partial charge is 0.481 e. The number of carboxylic acid groups (broad SMARTS) is 1. The number of urea groups is 1. The first-order valence-electron chi connectivity index (χ1n) is 10.6. The summed E-state index contributed by atoms with van der Waals surface area (Å²) in [5, 5.41) is 22.0. The van der Waals surface area contributed by atoms with Crippen molar-refractivity contribution in [3.05, 3.63) is 65.7 Å². The molecule has 2 rings (SSSR count). The highest BCUT2D eigenvalue weighted by Gasteiger charge is 2.29. The molecule has 0 aliphatic carbocycles. The van der Waals surface area contributed by atoms with Crippen molar-refractivity contribution in [2.45, 2.75) is 18.5 Å². The summed E-state index contributed by atoms with van der Waals surface area (Å²) in [6.07, 6.45) is 0.663. The Hall–Kier alpha value is -4.94. The number of hydrogen-bond donors (Lipinski definition) is 6. The van der Waals surface area contributed by atoms with Crippen LogP contribution in [0.2, 0.25) is 0 Å². The molecular formula is C23H26N6O7. The number of methoxy groups -OCH3 is 1. The lowest BCUT2D eigenvalue weighted by Gasteiger charge is -2.21. The van der Waals surface area contributed by atoms with Gasteiger partial charge >= 0.3 is 18.0 Å². The van der Waals surface area contributed by atoms with E-state index in [0.717, 1.165) is 7.11 Å². The summed E-state index contributed by atoms with van der Waals surface area (Å²) in [6.45, 7) is -0.549. The Bertz CT molecular complexity index is 1110. The number of anilines is 1. The van der Waals surface area contributed by atoms with E-state index in [1.807, 2.05) is 0 Å². The number of hydrazone groups is 1. The maximum atomic E-state index is 12.8. The van der Waals surface area contributed by atoms with Gasteiger partial charge in [0.15, 0.2) is 6.04 Å². The standard InChI is InChI=1S/C23H26N6O7/c1-36-22(34)20(15-5-3-2-4-6-15)29-21(33)17(11-19(31)32)28-18(30)13-25-23(35)27-16-9-7-14(8-10-16)12-26-24/h2-10,12,17,20H,11,13,24H2,1H3,(H,28,30)(H,29,33)(H,31,32)(H2,25,27,35)/t17-,20-/m0/s1. The van der Waals surface area contributed by atoms with E-state index in [9.17, 15) is 24.0 Å². The summed E-state index contributed by atoms with van der Waals surface area (Å²) < 4.78 is 4.72. The lowest BCUT2D eigenvalue weighted by atomic mass is 10.1. The number of carbonyl (C=O) groups is 5. The summed E-state index contributed by atoms with van der Waals surface area (Å²) in [5.41, 5.74) is 1.55. The number of aliphatic carboxylic acids is 1. The molecule has 0 aliphatic heterocycles. The van der Waals surface area contributed by atoms with Crippen LogP contribution in [-0.4, -0.2) is 60.8 Å². The number of esters is 1. The summed E-state index contributed by atoms with van der Waals surface area (Å²) >= 11 is 0. The van der Waals surface area contributed by atoms with Crippen molar-refractivity contribution in [1.82, 2.24) is 16.0 Å². The predicted molar refractivity (Wildman–Crippen MR) is 129 cm³/mol. The zero-order chi connectivity index (χ0) is 26.5. The maximum Gasteiger partial charge on any atom is 0.333 e. The zero-order valence-corrected chi connectivity index (χ0v) is 19.3. The lowest BCUT2D eigenvalue weighted by Crippen LogP contribution is -2.52. The van der Waals surface area contributed by atoms with Gasteiger partial charge in [-0.3, -0.25) is 14.4 Å². The summed E-state index contributed by atoms with van der Waals surface area (Å²) in [4.78, 5) is 60.6. The van der Waals surface area contributed by atoms with Gasteiger partial charge in [0.2, 0.25) is 11.8 Å². The van der Waals surface area contributed by atoms with Crippen molar-refractivity contribution >= 4 is 41.7 Å². The number of rotatable bonds is 11. The van der Waals surface area contributed by atoms with Gasteiger partial charge in [0, 0.05) is 5.69 Å². The second kappa shape index (κ2) is 13.7. The molecule has 2 aromatic rings. The number of hydrogen-bond acceptors (Lipinski definition) is 8. The number of benzene rings is 2. The van der Waals surface area contributed by atoms with Crippen LogP contribution in [-0.2, 0) is 23.9 Å². The molecule has 0 spiro atoms. The van der Waals surface area contributed by atoms with Gasteiger partial charge in [-0.2, -0.15) is 5.10 Å². The molecule has 0 heterocycles. The minimum atomic E-state index is -1.52. The van der Waals surface area contributed by atoms with Crippen molar-refractivity contribution in [3.8, 4) is 0 Å². The molecule has 0 saturated carbocycles. The van der Waals surface area contributed by atoms with Crippen LogP contribution >= 0.6 is 0 Å². The van der Waals surface area contributed by atoms with Crippen molar-refractivity contribution in [3.63, 3.8) is 0 Å². The number of carbonyl (C=O) groups excluding carboxylic acids is 4. The highest BCUT2D eigenvalue weighted by atomic mass is 16.5. The molecule has 0 aromatic heterocycles. The van der Waals surface area contributed by atoms with Crippen LogP contribution in [0.3, 0.4) is 0 Å². The SMILES string of the molecule is COC(=O)[C@@H](NC(=O)[C@H](CC(=O)O)NC(=O)CNC(=O)Nc1ccc(C=NN)cc1)c1ccccc1. The van der Waals surface area contributed by atoms with Crippen LogP contribution in [0.25, 0.3) is 0 Å². The fourth-order valence-corrected chi connectivity index (χ4v) is 2.99. The quantitative estimate of drug-likeness (QED) is 0.108. The summed E-state index contributed by atoms with van der Waals surface area (Å²) in [7, 11) is 1.14. The normalized spacial score (nSPS) is 12.1. The predicted octanol–water partition coefficient (Wildman–Crippen LogP) is 0.0907. The minimum absolute atomic E-state index is 0.403. The van der Waals surface area contributed by atoms with Gasteiger partial charge in [0.25, 0.3) is 0 Å². The van der Waals surface area contributed by atoms with Crippen LogP contribution in [0.4, 0.5) is 10.5 Å². The molecule has 0 saturated heterocycles. The van der Waals surface area contributed by atoms with E-state index in [-0.39, 0.29) is 0 Å². The molecule has 0 bridgehead atoms. The molecule has 7 N–H and O–H groups in total. The highest BCUT2D eigenvalue weighted by Crippen LogP contribution is 2.15. The average Bonchev–Trinajstić information content (AvgIpc) is 2.86. The van der Waals surface area contributed by atoms with Crippen molar-refractivity contribution in [1.29, 1.82) is 0 Å². The van der Waals surface area contributed by atoms with Crippen molar-refractivity contribution < 1.29 is 33.8 Å². The Morgan fingerprint density at radius 1 is 1.03 bits per heavy atom. The van der Waals surface area contributed by atoms with E-state index in [2.05, 4.69) is 26.4 Å². The molecule has 13 nitrogen and oxygen atoms in total. The topological polar surface area (TPSA) is 201 Å². The molecule has 36 heavy (non-hydrogen) atoms.